The van der Waals surface area contributed by atoms with Crippen LogP contribution in [0.3, 0.4) is 0 Å². The molecule has 166 valence electrons. The second-order valence-electron chi connectivity index (χ2n) is 7.80. The largest absolute Gasteiger partial charge is 0.492 e. The van der Waals surface area contributed by atoms with Gasteiger partial charge in [0.05, 0.1) is 31.2 Å². The zero-order chi connectivity index (χ0) is 23.1. The number of hydrogen-bond acceptors (Lipinski definition) is 7. The lowest BCUT2D eigenvalue weighted by Gasteiger charge is -2.19. The Bertz CT molecular complexity index is 1090. The quantitative estimate of drug-likeness (QED) is 0.563. The van der Waals surface area contributed by atoms with Crippen LogP contribution in [0.2, 0.25) is 0 Å². The summed E-state index contributed by atoms with van der Waals surface area (Å²) in [6.45, 7) is 6.04. The predicted molar refractivity (Wildman–Crippen MR) is 118 cm³/mol. The summed E-state index contributed by atoms with van der Waals surface area (Å²) >= 11 is 0. The zero-order valence-electron chi connectivity index (χ0n) is 18.5. The SMILES string of the molecule is COc1ccc(-n2nc(C#N)cc2-c2ccc(OCCNC(=O)OC(C)(C)C)cc2)cn1. The molecule has 0 atom stereocenters. The van der Waals surface area contributed by atoms with Gasteiger partial charge in [0.25, 0.3) is 0 Å². The van der Waals surface area contributed by atoms with E-state index in [2.05, 4.69) is 21.5 Å². The van der Waals surface area contributed by atoms with Crippen LogP contribution in [0, 0.1) is 11.3 Å². The van der Waals surface area contributed by atoms with E-state index in [0.717, 1.165) is 11.3 Å². The predicted octanol–water partition coefficient (Wildman–Crippen LogP) is 3.72. The molecule has 0 aliphatic carbocycles. The summed E-state index contributed by atoms with van der Waals surface area (Å²) in [5.74, 6) is 1.14. The van der Waals surface area contributed by atoms with Crippen LogP contribution in [0.4, 0.5) is 4.79 Å². The summed E-state index contributed by atoms with van der Waals surface area (Å²) in [6.07, 6.45) is 1.15. The van der Waals surface area contributed by atoms with Gasteiger partial charge in [0.1, 0.15) is 24.0 Å². The van der Waals surface area contributed by atoms with E-state index in [-0.39, 0.29) is 0 Å². The molecule has 32 heavy (non-hydrogen) atoms. The van der Waals surface area contributed by atoms with Crippen LogP contribution >= 0.6 is 0 Å². The lowest BCUT2D eigenvalue weighted by atomic mass is 10.1. The molecule has 0 fully saturated rings. The second kappa shape index (κ2) is 9.83. The topological polar surface area (TPSA) is 111 Å². The molecule has 0 unspecified atom stereocenters. The van der Waals surface area contributed by atoms with Gasteiger partial charge in [0.2, 0.25) is 5.88 Å². The average molecular weight is 435 g/mol. The van der Waals surface area contributed by atoms with Gasteiger partial charge in [-0.1, -0.05) is 0 Å². The lowest BCUT2D eigenvalue weighted by molar-refractivity contribution is 0.0520. The van der Waals surface area contributed by atoms with E-state index >= 15 is 0 Å². The number of methoxy groups -OCH3 is 1. The van der Waals surface area contributed by atoms with Crippen LogP contribution in [0.1, 0.15) is 26.5 Å². The number of nitrogens with zero attached hydrogens (tertiary/aromatic N) is 4. The molecule has 0 bridgehead atoms. The van der Waals surface area contributed by atoms with Crippen LogP contribution in [-0.4, -0.2) is 46.7 Å². The molecule has 1 aromatic carbocycles. The second-order valence-corrected chi connectivity index (χ2v) is 7.80. The fourth-order valence-electron chi connectivity index (χ4n) is 2.81. The Labute approximate surface area is 186 Å². The Balaban J connectivity index is 1.66. The highest BCUT2D eigenvalue weighted by Gasteiger charge is 2.15. The molecule has 1 amide bonds. The van der Waals surface area contributed by atoms with Crippen LogP contribution in [0.15, 0.2) is 48.7 Å². The molecule has 9 nitrogen and oxygen atoms in total. The van der Waals surface area contributed by atoms with Crippen molar-refractivity contribution in [2.45, 2.75) is 26.4 Å². The molecular weight excluding hydrogens is 410 g/mol. The highest BCUT2D eigenvalue weighted by molar-refractivity contribution is 5.67. The molecule has 0 aliphatic rings. The fraction of sp³-hybridized carbons (Fsp3) is 0.304. The van der Waals surface area contributed by atoms with Gasteiger partial charge in [0.15, 0.2) is 5.69 Å². The molecule has 0 spiro atoms. The Hall–Kier alpha value is -4.06. The third kappa shape index (κ3) is 5.98. The van der Waals surface area contributed by atoms with E-state index in [4.69, 9.17) is 14.2 Å². The van der Waals surface area contributed by atoms with E-state index in [9.17, 15) is 10.1 Å². The van der Waals surface area contributed by atoms with Gasteiger partial charge in [-0.2, -0.15) is 10.4 Å². The normalized spacial score (nSPS) is 10.8. The molecule has 1 N–H and O–H groups in total. The number of ether oxygens (including phenoxy) is 3. The molecule has 0 radical (unpaired) electrons. The van der Waals surface area contributed by atoms with E-state index < -0.39 is 11.7 Å². The van der Waals surface area contributed by atoms with Crippen molar-refractivity contribution in [3.05, 3.63) is 54.4 Å². The van der Waals surface area contributed by atoms with Crippen LogP contribution in [-0.2, 0) is 4.74 Å². The van der Waals surface area contributed by atoms with Gasteiger partial charge in [0, 0.05) is 17.7 Å². The fourth-order valence-corrected chi connectivity index (χ4v) is 2.81. The highest BCUT2D eigenvalue weighted by Crippen LogP contribution is 2.26. The molecule has 3 rings (SSSR count). The monoisotopic (exact) mass is 435 g/mol. The minimum absolute atomic E-state index is 0.296. The van der Waals surface area contributed by atoms with Gasteiger partial charge >= 0.3 is 6.09 Å². The van der Waals surface area contributed by atoms with Crippen molar-refractivity contribution in [3.8, 4) is 34.6 Å². The first-order chi connectivity index (χ1) is 15.3. The summed E-state index contributed by atoms with van der Waals surface area (Å²) in [5, 5.41) is 16.3. The van der Waals surface area contributed by atoms with Crippen LogP contribution in [0.5, 0.6) is 11.6 Å². The van der Waals surface area contributed by atoms with Gasteiger partial charge < -0.3 is 19.5 Å². The number of carbonyl (C=O) groups is 1. The maximum Gasteiger partial charge on any atom is 0.407 e. The van der Waals surface area contributed by atoms with Gasteiger partial charge in [-0.25, -0.2) is 14.5 Å². The number of hydrogen-bond donors (Lipinski definition) is 1. The smallest absolute Gasteiger partial charge is 0.407 e. The number of alkyl carbamates (subject to hydrolysis) is 1. The first-order valence-electron chi connectivity index (χ1n) is 10.00. The van der Waals surface area contributed by atoms with Gasteiger partial charge in [-0.05, 0) is 51.1 Å². The number of nitrogens with one attached hydrogen (secondary N) is 1. The van der Waals surface area contributed by atoms with Crippen molar-refractivity contribution in [2.75, 3.05) is 20.3 Å². The molecular formula is C23H25N5O4. The molecule has 0 saturated carbocycles. The Morgan fingerprint density at radius 2 is 1.94 bits per heavy atom. The number of benzene rings is 1. The molecule has 3 aromatic rings. The maximum atomic E-state index is 11.7. The number of aromatic nitrogens is 3. The van der Waals surface area contributed by atoms with Crippen molar-refractivity contribution in [3.63, 3.8) is 0 Å². The van der Waals surface area contributed by atoms with Crippen molar-refractivity contribution < 1.29 is 19.0 Å². The van der Waals surface area contributed by atoms with Crippen molar-refractivity contribution in [2.24, 2.45) is 0 Å². The summed E-state index contributed by atoms with van der Waals surface area (Å²) in [7, 11) is 1.55. The maximum absolute atomic E-state index is 11.7. The minimum atomic E-state index is -0.541. The van der Waals surface area contributed by atoms with E-state index in [1.807, 2.05) is 30.3 Å². The third-order valence-corrected chi connectivity index (χ3v) is 4.19. The Morgan fingerprint density at radius 1 is 1.19 bits per heavy atom. The first kappa shape index (κ1) is 22.6. The van der Waals surface area contributed by atoms with E-state index in [0.29, 0.717) is 36.2 Å². The van der Waals surface area contributed by atoms with Crippen molar-refractivity contribution in [1.82, 2.24) is 20.1 Å². The number of amides is 1. The Kier molecular flexibility index (Phi) is 6.95. The van der Waals surface area contributed by atoms with Crippen LogP contribution in [0.25, 0.3) is 16.9 Å². The number of rotatable bonds is 7. The zero-order valence-corrected chi connectivity index (χ0v) is 18.5. The van der Waals surface area contributed by atoms with Crippen molar-refractivity contribution >= 4 is 6.09 Å². The standard InChI is InChI=1S/C23H25N5O4/c1-23(2,3)32-22(29)25-11-12-31-19-8-5-16(6-9-19)20-13-17(14-24)27-28(20)18-7-10-21(30-4)26-15-18/h5-10,13,15H,11-12H2,1-4H3,(H,25,29). The van der Waals surface area contributed by atoms with E-state index in [1.165, 1.54) is 0 Å². The number of pyridine rings is 1. The first-order valence-corrected chi connectivity index (χ1v) is 10.00. The van der Waals surface area contributed by atoms with Crippen molar-refractivity contribution in [1.29, 1.82) is 5.26 Å². The van der Waals surface area contributed by atoms with E-state index in [1.54, 1.807) is 50.9 Å². The third-order valence-electron chi connectivity index (χ3n) is 4.19. The summed E-state index contributed by atoms with van der Waals surface area (Å²) < 4.78 is 17.6. The number of carbonyl (C=O) groups excluding carboxylic acids is 1. The Morgan fingerprint density at radius 3 is 2.53 bits per heavy atom. The number of nitriles is 1. The van der Waals surface area contributed by atoms with Gasteiger partial charge in [-0.15, -0.1) is 0 Å². The average Bonchev–Trinajstić information content (AvgIpc) is 3.20. The summed E-state index contributed by atoms with van der Waals surface area (Å²) in [4.78, 5) is 15.9. The lowest BCUT2D eigenvalue weighted by Crippen LogP contribution is -2.34. The molecule has 0 aliphatic heterocycles. The molecule has 9 heteroatoms. The molecule has 0 saturated heterocycles. The van der Waals surface area contributed by atoms with Gasteiger partial charge in [-0.3, -0.25) is 0 Å². The molecule has 2 heterocycles. The highest BCUT2D eigenvalue weighted by atomic mass is 16.6. The van der Waals surface area contributed by atoms with Crippen LogP contribution < -0.4 is 14.8 Å². The summed E-state index contributed by atoms with van der Waals surface area (Å²) in [6, 6.07) is 14.7. The molecule has 2 aromatic heterocycles. The summed E-state index contributed by atoms with van der Waals surface area (Å²) in [5.41, 5.74) is 2.06. The minimum Gasteiger partial charge on any atom is -0.492 e.